The molecule has 1 atom stereocenters. The molecular weight excluding hydrogens is 396 g/mol. The molecule has 0 bridgehead atoms. The van der Waals surface area contributed by atoms with E-state index in [1.165, 1.54) is 11.8 Å². The van der Waals surface area contributed by atoms with Gasteiger partial charge >= 0.3 is 0 Å². The average molecular weight is 415 g/mol. The third-order valence-electron chi connectivity index (χ3n) is 4.19. The minimum absolute atomic E-state index is 0.172. The van der Waals surface area contributed by atoms with Crippen molar-refractivity contribution in [3.63, 3.8) is 0 Å². The van der Waals surface area contributed by atoms with Gasteiger partial charge in [0.05, 0.1) is 10.9 Å². The molecule has 2 aromatic carbocycles. The third kappa shape index (κ3) is 4.37. The summed E-state index contributed by atoms with van der Waals surface area (Å²) in [5, 5.41) is 3.80. The number of rotatable bonds is 6. The maximum atomic E-state index is 12.5. The zero-order valence-electron chi connectivity index (χ0n) is 15.3. The quantitative estimate of drug-likeness (QED) is 0.595. The topological polar surface area (TPSA) is 90.0 Å². The van der Waals surface area contributed by atoms with E-state index in [4.69, 9.17) is 17.3 Å². The molecular formula is C20H19ClN4O2S. The highest BCUT2D eigenvalue weighted by Crippen LogP contribution is 2.29. The van der Waals surface area contributed by atoms with Gasteiger partial charge in [-0.3, -0.25) is 14.2 Å². The van der Waals surface area contributed by atoms with Gasteiger partial charge in [-0.1, -0.05) is 29.4 Å². The Hall–Kier alpha value is -2.77. The van der Waals surface area contributed by atoms with E-state index in [2.05, 4.69) is 10.3 Å². The molecule has 1 aromatic heterocycles. The molecule has 28 heavy (non-hydrogen) atoms. The van der Waals surface area contributed by atoms with E-state index in [0.717, 1.165) is 11.3 Å². The molecule has 0 aliphatic heterocycles. The monoisotopic (exact) mass is 414 g/mol. The van der Waals surface area contributed by atoms with Crippen LogP contribution in [-0.4, -0.2) is 26.6 Å². The first-order valence-corrected chi connectivity index (χ1v) is 9.79. The smallest absolute Gasteiger partial charge is 0.248 e. The fraction of sp³-hybridized carbons (Fsp3) is 0.150. The number of carbonyl (C=O) groups excluding carboxylic acids is 2. The van der Waals surface area contributed by atoms with E-state index in [0.29, 0.717) is 21.4 Å². The zero-order valence-corrected chi connectivity index (χ0v) is 16.9. The highest BCUT2D eigenvalue weighted by atomic mass is 35.5. The van der Waals surface area contributed by atoms with Crippen LogP contribution < -0.4 is 11.1 Å². The van der Waals surface area contributed by atoms with E-state index in [-0.39, 0.29) is 5.91 Å². The Morgan fingerprint density at radius 2 is 1.93 bits per heavy atom. The van der Waals surface area contributed by atoms with Crippen molar-refractivity contribution in [3.8, 4) is 5.69 Å². The molecule has 0 saturated heterocycles. The van der Waals surface area contributed by atoms with Crippen molar-refractivity contribution >= 4 is 40.9 Å². The van der Waals surface area contributed by atoms with Gasteiger partial charge in [0.1, 0.15) is 0 Å². The van der Waals surface area contributed by atoms with Crippen LogP contribution >= 0.6 is 23.4 Å². The summed E-state index contributed by atoms with van der Waals surface area (Å²) in [6.07, 6.45) is 3.53. The lowest BCUT2D eigenvalue weighted by Crippen LogP contribution is -2.23. The summed E-state index contributed by atoms with van der Waals surface area (Å²) >= 11 is 7.57. The summed E-state index contributed by atoms with van der Waals surface area (Å²) in [5.41, 5.74) is 8.07. The van der Waals surface area contributed by atoms with Crippen LogP contribution in [0, 0.1) is 6.92 Å². The van der Waals surface area contributed by atoms with Gasteiger partial charge in [-0.05, 0) is 55.8 Å². The fourth-order valence-corrected chi connectivity index (χ4v) is 3.64. The number of nitrogens with zero attached hydrogens (tertiary/aromatic N) is 2. The van der Waals surface area contributed by atoms with Crippen LogP contribution in [0.4, 0.5) is 5.69 Å². The molecule has 0 aliphatic rings. The largest absolute Gasteiger partial charge is 0.366 e. The van der Waals surface area contributed by atoms with Crippen LogP contribution in [0.5, 0.6) is 0 Å². The molecule has 1 heterocycles. The van der Waals surface area contributed by atoms with E-state index in [1.54, 1.807) is 30.5 Å². The Kier molecular flexibility index (Phi) is 6.06. The number of benzene rings is 2. The van der Waals surface area contributed by atoms with Gasteiger partial charge < -0.3 is 11.1 Å². The van der Waals surface area contributed by atoms with E-state index in [1.807, 2.05) is 42.8 Å². The first kappa shape index (κ1) is 20.0. The molecule has 2 amide bonds. The number of anilines is 1. The highest BCUT2D eigenvalue weighted by Gasteiger charge is 2.19. The zero-order chi connectivity index (χ0) is 20.3. The number of nitrogens with one attached hydrogen (secondary N) is 1. The van der Waals surface area contributed by atoms with Gasteiger partial charge in [-0.15, -0.1) is 0 Å². The average Bonchev–Trinajstić information content (AvgIpc) is 3.12. The molecule has 0 radical (unpaired) electrons. The Morgan fingerprint density at radius 3 is 2.61 bits per heavy atom. The number of hydrogen-bond donors (Lipinski definition) is 2. The molecule has 8 heteroatoms. The predicted octanol–water partition coefficient (Wildman–Crippen LogP) is 4.05. The van der Waals surface area contributed by atoms with E-state index in [9.17, 15) is 9.59 Å². The van der Waals surface area contributed by atoms with Gasteiger partial charge in [0, 0.05) is 28.7 Å². The van der Waals surface area contributed by atoms with Crippen molar-refractivity contribution in [2.75, 3.05) is 5.32 Å². The fourth-order valence-electron chi connectivity index (χ4n) is 2.59. The van der Waals surface area contributed by atoms with Gasteiger partial charge in [0.15, 0.2) is 5.16 Å². The number of halogens is 1. The first-order chi connectivity index (χ1) is 13.4. The first-order valence-electron chi connectivity index (χ1n) is 8.53. The summed E-state index contributed by atoms with van der Waals surface area (Å²) in [7, 11) is 0. The molecule has 3 aromatic rings. The Labute approximate surface area is 172 Å². The van der Waals surface area contributed by atoms with Crippen molar-refractivity contribution in [1.82, 2.24) is 9.55 Å². The van der Waals surface area contributed by atoms with Crippen LogP contribution in [-0.2, 0) is 4.79 Å². The SMILES string of the molecule is Cc1c(Cl)cccc1-n1ccnc1SC(C)C(=O)Nc1ccc(C(N)=O)cc1. The molecule has 144 valence electrons. The molecule has 6 nitrogen and oxygen atoms in total. The lowest BCUT2D eigenvalue weighted by atomic mass is 10.2. The summed E-state index contributed by atoms with van der Waals surface area (Å²) in [6, 6.07) is 12.1. The minimum atomic E-state index is -0.509. The minimum Gasteiger partial charge on any atom is -0.366 e. The predicted molar refractivity (Wildman–Crippen MR) is 112 cm³/mol. The van der Waals surface area contributed by atoms with Crippen LogP contribution in [0.15, 0.2) is 60.0 Å². The summed E-state index contributed by atoms with van der Waals surface area (Å²) < 4.78 is 1.91. The number of thioether (sulfide) groups is 1. The second-order valence-electron chi connectivity index (χ2n) is 6.15. The normalized spacial score (nSPS) is 11.8. The second-order valence-corrected chi connectivity index (χ2v) is 7.87. The molecule has 3 N–H and O–H groups in total. The number of amides is 2. The second kappa shape index (κ2) is 8.50. The van der Waals surface area contributed by atoms with Crippen LogP contribution in [0.2, 0.25) is 5.02 Å². The van der Waals surface area contributed by atoms with Crippen LogP contribution in [0.3, 0.4) is 0 Å². The summed E-state index contributed by atoms with van der Waals surface area (Å²) in [5.74, 6) is -0.681. The lowest BCUT2D eigenvalue weighted by Gasteiger charge is -2.15. The molecule has 3 rings (SSSR count). The number of primary amides is 1. The summed E-state index contributed by atoms with van der Waals surface area (Å²) in [4.78, 5) is 28.0. The van der Waals surface area contributed by atoms with Crippen molar-refractivity contribution in [1.29, 1.82) is 0 Å². The number of hydrogen-bond acceptors (Lipinski definition) is 4. The molecule has 0 spiro atoms. The highest BCUT2D eigenvalue weighted by molar-refractivity contribution is 8.00. The standard InChI is InChI=1S/C20H19ClN4O2S/c1-12-16(21)4-3-5-17(12)25-11-10-23-20(25)28-13(2)19(27)24-15-8-6-14(7-9-15)18(22)26/h3-11,13H,1-2H3,(H2,22,26)(H,24,27). The molecule has 0 fully saturated rings. The number of carbonyl (C=O) groups is 2. The van der Waals surface area contributed by atoms with Crippen molar-refractivity contribution < 1.29 is 9.59 Å². The molecule has 0 aliphatic carbocycles. The third-order valence-corrected chi connectivity index (χ3v) is 5.68. The number of aromatic nitrogens is 2. The van der Waals surface area contributed by atoms with Gasteiger partial charge in [0.2, 0.25) is 11.8 Å². The maximum Gasteiger partial charge on any atom is 0.248 e. The van der Waals surface area contributed by atoms with E-state index < -0.39 is 11.2 Å². The van der Waals surface area contributed by atoms with Gasteiger partial charge in [-0.2, -0.15) is 0 Å². The number of imidazole rings is 1. The molecule has 0 saturated carbocycles. The van der Waals surface area contributed by atoms with Crippen molar-refractivity contribution in [2.24, 2.45) is 5.73 Å². The maximum absolute atomic E-state index is 12.5. The Bertz CT molecular complexity index is 1020. The Morgan fingerprint density at radius 1 is 1.21 bits per heavy atom. The summed E-state index contributed by atoms with van der Waals surface area (Å²) in [6.45, 7) is 3.75. The molecule has 1 unspecified atom stereocenters. The van der Waals surface area contributed by atoms with Crippen LogP contribution in [0.1, 0.15) is 22.8 Å². The Balaban J connectivity index is 1.72. The van der Waals surface area contributed by atoms with E-state index >= 15 is 0 Å². The van der Waals surface area contributed by atoms with Crippen LogP contribution in [0.25, 0.3) is 5.69 Å². The van der Waals surface area contributed by atoms with Gasteiger partial charge in [0.25, 0.3) is 0 Å². The van der Waals surface area contributed by atoms with Gasteiger partial charge in [-0.25, -0.2) is 4.98 Å². The van der Waals surface area contributed by atoms with Crippen molar-refractivity contribution in [2.45, 2.75) is 24.3 Å². The number of nitrogens with two attached hydrogens (primary N) is 1. The van der Waals surface area contributed by atoms with Crippen molar-refractivity contribution in [3.05, 3.63) is 71.0 Å². The lowest BCUT2D eigenvalue weighted by molar-refractivity contribution is -0.115.